The molecule has 0 bridgehead atoms. The maximum absolute atomic E-state index is 13.8. The quantitative estimate of drug-likeness (QED) is 0.884. The zero-order valence-electron chi connectivity index (χ0n) is 10.8. The van der Waals surface area contributed by atoms with Crippen LogP contribution in [0.2, 0.25) is 0 Å². The van der Waals surface area contributed by atoms with E-state index < -0.39 is 17.2 Å². The van der Waals surface area contributed by atoms with Crippen molar-refractivity contribution in [1.82, 2.24) is 0 Å². The summed E-state index contributed by atoms with van der Waals surface area (Å²) in [6, 6.07) is 3.12. The lowest BCUT2D eigenvalue weighted by molar-refractivity contribution is -0.153. The lowest BCUT2D eigenvalue weighted by atomic mass is 10.0. The highest BCUT2D eigenvalue weighted by molar-refractivity contribution is 5.99. The van der Waals surface area contributed by atoms with Crippen molar-refractivity contribution in [2.24, 2.45) is 5.73 Å². The van der Waals surface area contributed by atoms with E-state index in [4.69, 9.17) is 10.5 Å². The monoisotopic (exact) mass is 270 g/mol. The number of ether oxygens (including phenoxy) is 1. The van der Waals surface area contributed by atoms with Crippen molar-refractivity contribution in [3.05, 3.63) is 29.8 Å². The van der Waals surface area contributed by atoms with E-state index in [2.05, 4.69) is 0 Å². The summed E-state index contributed by atoms with van der Waals surface area (Å²) in [7, 11) is 0. The minimum atomic E-state index is -1.08. The van der Waals surface area contributed by atoms with E-state index in [-0.39, 0.29) is 30.8 Å². The Hall–Kier alpha value is -1.53. The van der Waals surface area contributed by atoms with Gasteiger partial charge in [-0.05, 0) is 26.0 Å². The van der Waals surface area contributed by atoms with Crippen LogP contribution in [0, 0.1) is 11.6 Å². The average molecular weight is 270 g/mol. The molecular formula is C13H16F2N2O2. The number of anilines is 1. The summed E-state index contributed by atoms with van der Waals surface area (Å²) in [5, 5.41) is 0. The van der Waals surface area contributed by atoms with E-state index in [9.17, 15) is 13.6 Å². The highest BCUT2D eigenvalue weighted by Gasteiger charge is 2.42. The van der Waals surface area contributed by atoms with Crippen LogP contribution in [0.3, 0.4) is 0 Å². The first kappa shape index (κ1) is 13.9. The summed E-state index contributed by atoms with van der Waals surface area (Å²) in [4.78, 5) is 13.5. The Labute approximate surface area is 110 Å². The van der Waals surface area contributed by atoms with Gasteiger partial charge in [0.1, 0.15) is 17.2 Å². The molecule has 0 radical (unpaired) electrons. The molecule has 1 fully saturated rings. The molecular weight excluding hydrogens is 254 g/mol. The number of rotatable bonds is 2. The number of benzene rings is 1. The second-order valence-corrected chi connectivity index (χ2v) is 5.00. The van der Waals surface area contributed by atoms with Gasteiger partial charge in [-0.25, -0.2) is 8.78 Å². The standard InChI is InChI=1S/C13H16F2N2O2/c1-13(2)12(18)17(7-9(6-16)19-13)11-4-3-8(14)5-10(11)15/h3-5,9H,6-7,16H2,1-2H3. The van der Waals surface area contributed by atoms with Crippen LogP contribution >= 0.6 is 0 Å². The van der Waals surface area contributed by atoms with Crippen LogP contribution in [0.25, 0.3) is 0 Å². The zero-order valence-corrected chi connectivity index (χ0v) is 10.8. The fraction of sp³-hybridized carbons (Fsp3) is 0.462. The topological polar surface area (TPSA) is 55.6 Å². The van der Waals surface area contributed by atoms with Crippen molar-refractivity contribution in [2.45, 2.75) is 25.6 Å². The number of halogens is 2. The molecule has 1 aromatic carbocycles. The van der Waals surface area contributed by atoms with Crippen LogP contribution in [0.5, 0.6) is 0 Å². The third-order valence-electron chi connectivity index (χ3n) is 3.07. The predicted molar refractivity (Wildman–Crippen MR) is 66.7 cm³/mol. The number of amides is 1. The second kappa shape index (κ2) is 4.86. The van der Waals surface area contributed by atoms with Crippen molar-refractivity contribution < 1.29 is 18.3 Å². The fourth-order valence-corrected chi connectivity index (χ4v) is 2.15. The van der Waals surface area contributed by atoms with Crippen molar-refractivity contribution in [3.8, 4) is 0 Å². The molecule has 0 aliphatic carbocycles. The van der Waals surface area contributed by atoms with Gasteiger partial charge in [0.15, 0.2) is 0 Å². The average Bonchev–Trinajstić information content (AvgIpc) is 2.33. The van der Waals surface area contributed by atoms with E-state index in [0.717, 1.165) is 12.1 Å². The molecule has 6 heteroatoms. The van der Waals surface area contributed by atoms with Crippen LogP contribution in [0.1, 0.15) is 13.8 Å². The largest absolute Gasteiger partial charge is 0.359 e. The highest BCUT2D eigenvalue weighted by atomic mass is 19.1. The van der Waals surface area contributed by atoms with E-state index in [1.54, 1.807) is 13.8 Å². The van der Waals surface area contributed by atoms with Gasteiger partial charge >= 0.3 is 0 Å². The number of hydrogen-bond acceptors (Lipinski definition) is 3. The molecule has 19 heavy (non-hydrogen) atoms. The van der Waals surface area contributed by atoms with Gasteiger partial charge in [0.2, 0.25) is 0 Å². The summed E-state index contributed by atoms with van der Waals surface area (Å²) >= 11 is 0. The van der Waals surface area contributed by atoms with Crippen molar-refractivity contribution in [2.75, 3.05) is 18.0 Å². The molecule has 104 valence electrons. The van der Waals surface area contributed by atoms with E-state index in [0.29, 0.717) is 0 Å². The van der Waals surface area contributed by atoms with Crippen molar-refractivity contribution in [1.29, 1.82) is 0 Å². The van der Waals surface area contributed by atoms with Gasteiger partial charge in [0.05, 0.1) is 18.3 Å². The molecule has 1 aliphatic heterocycles. The maximum atomic E-state index is 13.8. The minimum Gasteiger partial charge on any atom is -0.359 e. The van der Waals surface area contributed by atoms with Gasteiger partial charge in [-0.3, -0.25) is 4.79 Å². The molecule has 1 saturated heterocycles. The molecule has 1 amide bonds. The van der Waals surface area contributed by atoms with Gasteiger partial charge in [0, 0.05) is 12.6 Å². The molecule has 1 atom stereocenters. The third-order valence-corrected chi connectivity index (χ3v) is 3.07. The molecule has 1 unspecified atom stereocenters. The first-order valence-electron chi connectivity index (χ1n) is 6.00. The molecule has 1 aliphatic rings. The second-order valence-electron chi connectivity index (χ2n) is 5.00. The van der Waals surface area contributed by atoms with E-state index >= 15 is 0 Å². The number of carbonyl (C=O) groups is 1. The molecule has 0 spiro atoms. The van der Waals surface area contributed by atoms with E-state index in [1.165, 1.54) is 11.0 Å². The van der Waals surface area contributed by atoms with Crippen molar-refractivity contribution >= 4 is 11.6 Å². The molecule has 0 aromatic heterocycles. The molecule has 0 saturated carbocycles. The Bertz CT molecular complexity index is 505. The molecule has 2 rings (SSSR count). The number of nitrogens with zero attached hydrogens (tertiary/aromatic N) is 1. The Morgan fingerprint density at radius 3 is 2.74 bits per heavy atom. The van der Waals surface area contributed by atoms with Gasteiger partial charge in [-0.15, -0.1) is 0 Å². The first-order valence-corrected chi connectivity index (χ1v) is 6.00. The number of carbonyl (C=O) groups excluding carboxylic acids is 1. The molecule has 1 aromatic rings. The lowest BCUT2D eigenvalue weighted by Gasteiger charge is -2.41. The Kier molecular flexibility index (Phi) is 3.56. The van der Waals surface area contributed by atoms with Crippen molar-refractivity contribution in [3.63, 3.8) is 0 Å². The maximum Gasteiger partial charge on any atom is 0.258 e. The van der Waals surface area contributed by atoms with Gasteiger partial charge in [0.25, 0.3) is 5.91 Å². The smallest absolute Gasteiger partial charge is 0.258 e. The van der Waals surface area contributed by atoms with Crippen LogP contribution in [-0.4, -0.2) is 30.7 Å². The highest BCUT2D eigenvalue weighted by Crippen LogP contribution is 2.29. The predicted octanol–water partition coefficient (Wildman–Crippen LogP) is 1.43. The van der Waals surface area contributed by atoms with Gasteiger partial charge in [-0.2, -0.15) is 0 Å². The van der Waals surface area contributed by atoms with Gasteiger partial charge < -0.3 is 15.4 Å². The summed E-state index contributed by atoms with van der Waals surface area (Å²) in [5.41, 5.74) is 4.52. The third kappa shape index (κ3) is 2.59. The summed E-state index contributed by atoms with van der Waals surface area (Å²) in [5.74, 6) is -1.83. The van der Waals surface area contributed by atoms with E-state index in [1.807, 2.05) is 0 Å². The Balaban J connectivity index is 2.38. The molecule has 1 heterocycles. The Morgan fingerprint density at radius 1 is 1.47 bits per heavy atom. The SMILES string of the molecule is CC1(C)OC(CN)CN(c2ccc(F)cc2F)C1=O. The van der Waals surface area contributed by atoms with Crippen LogP contribution in [0.4, 0.5) is 14.5 Å². The summed E-state index contributed by atoms with van der Waals surface area (Å²) < 4.78 is 32.2. The summed E-state index contributed by atoms with van der Waals surface area (Å²) in [6.07, 6.45) is -0.378. The molecule has 2 N–H and O–H groups in total. The van der Waals surface area contributed by atoms with Crippen LogP contribution in [0.15, 0.2) is 18.2 Å². The summed E-state index contributed by atoms with van der Waals surface area (Å²) in [6.45, 7) is 3.58. The first-order chi connectivity index (χ1) is 8.85. The number of hydrogen-bond donors (Lipinski definition) is 1. The zero-order chi connectivity index (χ0) is 14.2. The fourth-order valence-electron chi connectivity index (χ4n) is 2.15. The van der Waals surface area contributed by atoms with Gasteiger partial charge in [-0.1, -0.05) is 0 Å². The normalized spacial score (nSPS) is 22.7. The lowest BCUT2D eigenvalue weighted by Crippen LogP contribution is -2.59. The number of morpholine rings is 1. The number of nitrogens with two attached hydrogens (primary N) is 1. The Morgan fingerprint density at radius 2 is 2.16 bits per heavy atom. The van der Waals surface area contributed by atoms with Crippen LogP contribution < -0.4 is 10.6 Å². The molecule has 4 nitrogen and oxygen atoms in total. The minimum absolute atomic E-state index is 0.0428. The van der Waals surface area contributed by atoms with Crippen LogP contribution in [-0.2, 0) is 9.53 Å².